The fraction of sp³-hybridized carbons (Fsp3) is 0.579. The first-order valence-corrected chi connectivity index (χ1v) is 9.42. The first-order chi connectivity index (χ1) is 12.9. The number of amides is 2. The van der Waals surface area contributed by atoms with Gasteiger partial charge in [0, 0.05) is 24.7 Å². The van der Waals surface area contributed by atoms with E-state index in [4.69, 9.17) is 16.6 Å². The van der Waals surface area contributed by atoms with E-state index in [0.717, 1.165) is 44.3 Å². The number of nitrogens with two attached hydrogens (primary N) is 1. The smallest absolute Gasteiger partial charge is 0.268 e. The van der Waals surface area contributed by atoms with Crippen molar-refractivity contribution >= 4 is 24.2 Å². The Morgan fingerprint density at radius 3 is 2.07 bits per heavy atom. The van der Waals surface area contributed by atoms with Gasteiger partial charge in [0.15, 0.2) is 0 Å². The van der Waals surface area contributed by atoms with Crippen molar-refractivity contribution in [3.05, 3.63) is 23.7 Å². The van der Waals surface area contributed by atoms with Crippen LogP contribution in [0.4, 0.5) is 0 Å². The van der Waals surface area contributed by atoms with Crippen LogP contribution in [0.1, 0.15) is 39.5 Å². The number of carbonyl (C=O) groups is 2. The summed E-state index contributed by atoms with van der Waals surface area (Å²) in [5, 5.41) is 23.1. The molecule has 1 unspecified atom stereocenters. The second-order valence-electron chi connectivity index (χ2n) is 7.50. The zero-order valence-electron chi connectivity index (χ0n) is 15.9. The van der Waals surface area contributed by atoms with Crippen LogP contribution >= 0.6 is 0 Å². The summed E-state index contributed by atoms with van der Waals surface area (Å²) in [6.45, 7) is 3.80. The zero-order valence-corrected chi connectivity index (χ0v) is 15.9. The molecule has 2 saturated carbocycles. The van der Waals surface area contributed by atoms with Gasteiger partial charge in [-0.1, -0.05) is 0 Å². The molecule has 2 rings (SSSR count). The standard InChI is InChI=1S/C19H30N6O2/c1-11(2)23-15(7-8-20)18(26)25-17(19(27)24-14(9-21)10-22)16(12-3-4-12)13-5-6-13/h7-13,16-17,20-21,23H,3-6,22H2,1-2H3,(H,24,27)(H,25,26)/b14-10+,15-7-,20-8?,21-9?. The molecule has 8 nitrogen and oxygen atoms in total. The summed E-state index contributed by atoms with van der Waals surface area (Å²) in [7, 11) is 0. The number of nitrogens with one attached hydrogen (secondary N) is 5. The maximum absolute atomic E-state index is 12.9. The van der Waals surface area contributed by atoms with Gasteiger partial charge in [0.2, 0.25) is 5.91 Å². The van der Waals surface area contributed by atoms with Crippen LogP contribution < -0.4 is 21.7 Å². The summed E-state index contributed by atoms with van der Waals surface area (Å²) in [5.41, 5.74) is 5.89. The summed E-state index contributed by atoms with van der Waals surface area (Å²) in [4.78, 5) is 25.7. The van der Waals surface area contributed by atoms with Crippen LogP contribution in [-0.4, -0.2) is 36.3 Å². The molecule has 148 valence electrons. The molecule has 2 amide bonds. The minimum atomic E-state index is -0.699. The van der Waals surface area contributed by atoms with Crippen LogP contribution in [0.15, 0.2) is 23.7 Å². The van der Waals surface area contributed by atoms with Crippen LogP contribution in [-0.2, 0) is 9.59 Å². The molecular weight excluding hydrogens is 344 g/mol. The fourth-order valence-corrected chi connectivity index (χ4v) is 3.38. The summed E-state index contributed by atoms with van der Waals surface area (Å²) < 4.78 is 0. The molecule has 0 radical (unpaired) electrons. The van der Waals surface area contributed by atoms with E-state index in [-0.39, 0.29) is 29.3 Å². The third kappa shape index (κ3) is 5.94. The summed E-state index contributed by atoms with van der Waals surface area (Å²) >= 11 is 0. The Kier molecular flexibility index (Phi) is 7.15. The Morgan fingerprint density at radius 2 is 1.67 bits per heavy atom. The molecule has 7 N–H and O–H groups in total. The maximum atomic E-state index is 12.9. The van der Waals surface area contributed by atoms with E-state index in [0.29, 0.717) is 11.8 Å². The van der Waals surface area contributed by atoms with Crippen LogP contribution in [0.25, 0.3) is 0 Å². The monoisotopic (exact) mass is 374 g/mol. The van der Waals surface area contributed by atoms with Gasteiger partial charge in [-0.05, 0) is 63.4 Å². The Hall–Kier alpha value is -2.64. The highest BCUT2D eigenvalue weighted by Gasteiger charge is 2.48. The van der Waals surface area contributed by atoms with E-state index in [1.165, 1.54) is 6.08 Å². The van der Waals surface area contributed by atoms with E-state index in [9.17, 15) is 9.59 Å². The van der Waals surface area contributed by atoms with Crippen LogP contribution in [0.5, 0.6) is 0 Å². The highest BCUT2D eigenvalue weighted by molar-refractivity contribution is 6.00. The molecule has 0 heterocycles. The van der Waals surface area contributed by atoms with Gasteiger partial charge in [-0.2, -0.15) is 0 Å². The van der Waals surface area contributed by atoms with Crippen molar-refractivity contribution in [3.63, 3.8) is 0 Å². The van der Waals surface area contributed by atoms with Crippen LogP contribution in [0.2, 0.25) is 0 Å². The molecule has 1 atom stereocenters. The van der Waals surface area contributed by atoms with E-state index in [1.807, 2.05) is 13.8 Å². The molecule has 0 saturated heterocycles. The Labute approximate surface area is 160 Å². The summed E-state index contributed by atoms with van der Waals surface area (Å²) in [5.74, 6) is 0.191. The summed E-state index contributed by atoms with van der Waals surface area (Å²) in [6.07, 6.45) is 8.83. The minimum Gasteiger partial charge on any atom is -0.403 e. The zero-order chi connectivity index (χ0) is 20.0. The maximum Gasteiger partial charge on any atom is 0.268 e. The Bertz CT molecular complexity index is 635. The van der Waals surface area contributed by atoms with E-state index in [2.05, 4.69) is 16.0 Å². The fourth-order valence-electron chi connectivity index (χ4n) is 3.38. The van der Waals surface area contributed by atoms with Crippen LogP contribution in [0, 0.1) is 28.6 Å². The van der Waals surface area contributed by atoms with Gasteiger partial charge in [0.1, 0.15) is 11.7 Å². The van der Waals surface area contributed by atoms with Gasteiger partial charge < -0.3 is 32.5 Å². The number of rotatable bonds is 11. The molecule has 0 aromatic rings. The number of hydrogen-bond donors (Lipinski definition) is 6. The first kappa shape index (κ1) is 20.7. The van der Waals surface area contributed by atoms with Crippen molar-refractivity contribution in [2.24, 2.45) is 23.5 Å². The number of hydrogen-bond acceptors (Lipinski definition) is 6. The molecule has 0 aliphatic heterocycles. The highest BCUT2D eigenvalue weighted by atomic mass is 16.2. The lowest BCUT2D eigenvalue weighted by atomic mass is 9.88. The second-order valence-corrected chi connectivity index (χ2v) is 7.50. The molecule has 8 heteroatoms. The lowest BCUT2D eigenvalue weighted by Crippen LogP contribution is -2.53. The molecule has 0 aromatic heterocycles. The van der Waals surface area contributed by atoms with Crippen molar-refractivity contribution in [3.8, 4) is 0 Å². The van der Waals surface area contributed by atoms with Gasteiger partial charge in [-0.25, -0.2) is 0 Å². The average molecular weight is 374 g/mol. The highest BCUT2D eigenvalue weighted by Crippen LogP contribution is 2.50. The molecule has 2 aliphatic rings. The SMILES string of the molecule is CC(C)N/C(=C\C=N)C(=O)NC(C(=O)N/C(C=N)=C/N)C(C1CC1)C1CC1. The third-order valence-corrected chi connectivity index (χ3v) is 4.83. The molecular formula is C19H30N6O2. The number of carbonyl (C=O) groups excluding carboxylic acids is 2. The lowest BCUT2D eigenvalue weighted by molar-refractivity contribution is -0.129. The van der Waals surface area contributed by atoms with Crippen LogP contribution in [0.3, 0.4) is 0 Å². The first-order valence-electron chi connectivity index (χ1n) is 9.42. The topological polar surface area (TPSA) is 144 Å². The Morgan fingerprint density at radius 1 is 1.07 bits per heavy atom. The van der Waals surface area contributed by atoms with Gasteiger partial charge in [-0.15, -0.1) is 0 Å². The van der Waals surface area contributed by atoms with E-state index >= 15 is 0 Å². The largest absolute Gasteiger partial charge is 0.403 e. The predicted molar refractivity (Wildman–Crippen MR) is 105 cm³/mol. The molecule has 2 aliphatic carbocycles. The molecule has 0 spiro atoms. The lowest BCUT2D eigenvalue weighted by Gasteiger charge is -2.28. The molecule has 0 aromatic carbocycles. The van der Waals surface area contributed by atoms with Crippen molar-refractivity contribution < 1.29 is 9.59 Å². The van der Waals surface area contributed by atoms with Crippen molar-refractivity contribution in [1.29, 1.82) is 10.8 Å². The third-order valence-electron chi connectivity index (χ3n) is 4.83. The van der Waals surface area contributed by atoms with Crippen molar-refractivity contribution in [2.75, 3.05) is 0 Å². The van der Waals surface area contributed by atoms with Gasteiger partial charge in [0.05, 0.1) is 5.70 Å². The average Bonchev–Trinajstić information content (AvgIpc) is 3.52. The minimum absolute atomic E-state index is 0.0154. The van der Waals surface area contributed by atoms with Crippen molar-refractivity contribution in [1.82, 2.24) is 16.0 Å². The second kappa shape index (κ2) is 9.34. The van der Waals surface area contributed by atoms with Gasteiger partial charge >= 0.3 is 0 Å². The normalized spacial score (nSPS) is 18.8. The van der Waals surface area contributed by atoms with Crippen molar-refractivity contribution in [2.45, 2.75) is 51.6 Å². The van der Waals surface area contributed by atoms with E-state index in [1.54, 1.807) is 0 Å². The quantitative estimate of drug-likeness (QED) is 0.237. The van der Waals surface area contributed by atoms with Gasteiger partial charge in [0.25, 0.3) is 5.91 Å². The molecule has 2 fully saturated rings. The van der Waals surface area contributed by atoms with E-state index < -0.39 is 11.9 Å². The number of allylic oxidation sites excluding steroid dienone is 2. The molecule has 0 bridgehead atoms. The molecule has 27 heavy (non-hydrogen) atoms. The predicted octanol–water partition coefficient (Wildman–Crippen LogP) is 1.00. The van der Waals surface area contributed by atoms with Gasteiger partial charge in [-0.3, -0.25) is 9.59 Å². The Balaban J connectivity index is 2.21. The summed E-state index contributed by atoms with van der Waals surface area (Å²) in [6, 6.07) is -0.683.